The zero-order valence-corrected chi connectivity index (χ0v) is 18.4. The maximum absolute atomic E-state index is 12.6. The van der Waals surface area contributed by atoms with Crippen molar-refractivity contribution in [1.29, 1.82) is 5.26 Å². The number of benzene rings is 2. The molecule has 0 radical (unpaired) electrons. The standard InChI is InChI=1S/C23H14ClF3N4O4/c24-19-16-8-13(1-2-17(16)31-4-3-12(20(19)31)9-18(32)33)21-29-22(35-30-21)14-5-11(10-28)6-15(7-14)34-23(25,26)27/h1-2,5-8,12H,3-4,9H2,(H,32,33)/t12-/m1/s1. The van der Waals surface area contributed by atoms with Crippen molar-refractivity contribution in [3.8, 4) is 34.7 Å². The Morgan fingerprint density at radius 1 is 1.29 bits per heavy atom. The van der Waals surface area contributed by atoms with Crippen LogP contribution < -0.4 is 4.74 Å². The number of carboxylic acids is 1. The van der Waals surface area contributed by atoms with Gasteiger partial charge in [0.15, 0.2) is 0 Å². The summed E-state index contributed by atoms with van der Waals surface area (Å²) in [5.41, 5.74) is 2.17. The van der Waals surface area contributed by atoms with E-state index >= 15 is 0 Å². The summed E-state index contributed by atoms with van der Waals surface area (Å²) < 4.78 is 49.1. The molecule has 0 bridgehead atoms. The van der Waals surface area contributed by atoms with Gasteiger partial charge in [-0.2, -0.15) is 10.2 Å². The lowest BCUT2D eigenvalue weighted by Crippen LogP contribution is -2.17. The van der Waals surface area contributed by atoms with E-state index in [1.165, 1.54) is 6.07 Å². The Balaban J connectivity index is 1.51. The second-order valence-corrected chi connectivity index (χ2v) is 8.37. The van der Waals surface area contributed by atoms with Crippen molar-refractivity contribution in [2.75, 3.05) is 0 Å². The van der Waals surface area contributed by atoms with Gasteiger partial charge in [0.05, 0.1) is 23.1 Å². The van der Waals surface area contributed by atoms with Gasteiger partial charge in [0.1, 0.15) is 5.75 Å². The maximum atomic E-state index is 12.6. The van der Waals surface area contributed by atoms with Crippen LogP contribution >= 0.6 is 11.6 Å². The fourth-order valence-corrected chi connectivity index (χ4v) is 4.79. The highest BCUT2D eigenvalue weighted by Crippen LogP contribution is 2.43. The normalized spacial score (nSPS) is 15.2. The Morgan fingerprint density at radius 2 is 2.09 bits per heavy atom. The van der Waals surface area contributed by atoms with Crippen LogP contribution in [0.2, 0.25) is 5.02 Å². The van der Waals surface area contributed by atoms with Gasteiger partial charge < -0.3 is 18.9 Å². The van der Waals surface area contributed by atoms with Crippen molar-refractivity contribution in [3.05, 3.63) is 52.7 Å². The van der Waals surface area contributed by atoms with Crippen LogP contribution in [0.25, 0.3) is 33.7 Å². The van der Waals surface area contributed by atoms with E-state index < -0.39 is 18.1 Å². The van der Waals surface area contributed by atoms with E-state index in [0.717, 1.165) is 23.3 Å². The molecule has 178 valence electrons. The van der Waals surface area contributed by atoms with E-state index in [2.05, 4.69) is 14.9 Å². The molecule has 1 N–H and O–H groups in total. The van der Waals surface area contributed by atoms with E-state index in [1.54, 1.807) is 18.2 Å². The number of rotatable bonds is 5. The number of aromatic nitrogens is 3. The Labute approximate surface area is 200 Å². The van der Waals surface area contributed by atoms with Gasteiger partial charge in [0.25, 0.3) is 5.89 Å². The monoisotopic (exact) mass is 502 g/mol. The zero-order chi connectivity index (χ0) is 24.9. The van der Waals surface area contributed by atoms with Crippen molar-refractivity contribution in [1.82, 2.24) is 14.7 Å². The average Bonchev–Trinajstić information content (AvgIpc) is 3.49. The van der Waals surface area contributed by atoms with Gasteiger partial charge in [-0.25, -0.2) is 0 Å². The van der Waals surface area contributed by atoms with Crippen molar-refractivity contribution in [3.63, 3.8) is 0 Å². The molecule has 2 aromatic carbocycles. The lowest BCUT2D eigenvalue weighted by Gasteiger charge is -2.09. The lowest BCUT2D eigenvalue weighted by molar-refractivity contribution is -0.274. The lowest BCUT2D eigenvalue weighted by atomic mass is 10.00. The topological polar surface area (TPSA) is 114 Å². The number of nitrogens with zero attached hydrogens (tertiary/aromatic N) is 4. The highest BCUT2D eigenvalue weighted by molar-refractivity contribution is 6.36. The number of hydrogen-bond donors (Lipinski definition) is 1. The first-order valence-electron chi connectivity index (χ1n) is 10.3. The number of fused-ring (bicyclic) bond motifs is 3. The Morgan fingerprint density at radius 3 is 2.80 bits per heavy atom. The van der Waals surface area contributed by atoms with E-state index in [-0.39, 0.29) is 35.2 Å². The van der Waals surface area contributed by atoms with Crippen LogP contribution in [-0.4, -0.2) is 32.1 Å². The number of carboxylic acid groups (broad SMARTS) is 1. The first-order valence-corrected chi connectivity index (χ1v) is 10.7. The second-order valence-electron chi connectivity index (χ2n) is 8.00. The number of halogens is 4. The van der Waals surface area contributed by atoms with Crippen molar-refractivity contribution in [2.45, 2.75) is 31.7 Å². The summed E-state index contributed by atoms with van der Waals surface area (Å²) >= 11 is 6.63. The van der Waals surface area contributed by atoms with Gasteiger partial charge in [0.2, 0.25) is 5.82 Å². The third kappa shape index (κ3) is 4.28. The fraction of sp³-hybridized carbons (Fsp3) is 0.217. The molecule has 35 heavy (non-hydrogen) atoms. The molecule has 0 amide bonds. The molecule has 3 heterocycles. The van der Waals surface area contributed by atoms with Gasteiger partial charge >= 0.3 is 12.3 Å². The van der Waals surface area contributed by atoms with E-state index in [0.29, 0.717) is 28.9 Å². The highest BCUT2D eigenvalue weighted by Gasteiger charge is 2.32. The van der Waals surface area contributed by atoms with Crippen LogP contribution in [0.15, 0.2) is 40.9 Å². The molecule has 1 aliphatic heterocycles. The number of nitriles is 1. The molecule has 4 aromatic rings. The predicted molar refractivity (Wildman–Crippen MR) is 117 cm³/mol. The molecule has 5 rings (SSSR count). The van der Waals surface area contributed by atoms with Crippen LogP contribution in [0.5, 0.6) is 5.75 Å². The largest absolute Gasteiger partial charge is 0.573 e. The number of aliphatic carboxylic acids is 1. The molecule has 12 heteroatoms. The van der Waals surface area contributed by atoms with E-state index in [1.807, 2.05) is 10.6 Å². The molecule has 8 nitrogen and oxygen atoms in total. The fourth-order valence-electron chi connectivity index (χ4n) is 4.38. The summed E-state index contributed by atoms with van der Waals surface area (Å²) in [6.07, 6.45) is -4.25. The molecule has 0 saturated carbocycles. The number of alkyl halides is 3. The molecule has 0 aliphatic carbocycles. The Hall–Kier alpha value is -4.04. The van der Waals surface area contributed by atoms with Gasteiger partial charge in [-0.15, -0.1) is 13.2 Å². The zero-order valence-electron chi connectivity index (χ0n) is 17.6. The van der Waals surface area contributed by atoms with Crippen LogP contribution in [-0.2, 0) is 11.3 Å². The van der Waals surface area contributed by atoms with Crippen LogP contribution in [0.3, 0.4) is 0 Å². The minimum atomic E-state index is -4.93. The molecule has 0 spiro atoms. The van der Waals surface area contributed by atoms with Crippen molar-refractivity contribution < 1.29 is 32.3 Å². The molecule has 2 aromatic heterocycles. The minimum absolute atomic E-state index is 0.0150. The van der Waals surface area contributed by atoms with Gasteiger partial charge in [-0.1, -0.05) is 16.8 Å². The summed E-state index contributed by atoms with van der Waals surface area (Å²) in [6, 6.07) is 10.4. The van der Waals surface area contributed by atoms with Crippen molar-refractivity contribution >= 4 is 28.5 Å². The first kappa shape index (κ1) is 22.7. The number of carbonyl (C=O) groups is 1. The summed E-state index contributed by atoms with van der Waals surface area (Å²) in [5.74, 6) is -1.61. The third-order valence-electron chi connectivity index (χ3n) is 5.75. The molecular formula is C23H14ClF3N4O4. The van der Waals surface area contributed by atoms with Gasteiger partial charge in [-0.3, -0.25) is 4.79 Å². The smallest absolute Gasteiger partial charge is 0.481 e. The molecular weight excluding hydrogens is 489 g/mol. The third-order valence-corrected chi connectivity index (χ3v) is 6.15. The molecule has 0 fully saturated rings. The minimum Gasteiger partial charge on any atom is -0.481 e. The molecule has 0 unspecified atom stereocenters. The number of aryl methyl sites for hydroxylation is 1. The van der Waals surface area contributed by atoms with Gasteiger partial charge in [0, 0.05) is 40.2 Å². The van der Waals surface area contributed by atoms with Crippen LogP contribution in [0.1, 0.15) is 30.0 Å². The Bertz CT molecular complexity index is 1520. The van der Waals surface area contributed by atoms with Gasteiger partial charge in [-0.05, 0) is 42.8 Å². The summed E-state index contributed by atoms with van der Waals surface area (Å²) in [7, 11) is 0. The predicted octanol–water partition coefficient (Wildman–Crippen LogP) is 5.74. The quantitative estimate of drug-likeness (QED) is 0.370. The summed E-state index contributed by atoms with van der Waals surface area (Å²) in [4.78, 5) is 15.5. The summed E-state index contributed by atoms with van der Waals surface area (Å²) in [6.45, 7) is 0.653. The summed E-state index contributed by atoms with van der Waals surface area (Å²) in [5, 5.41) is 23.4. The highest BCUT2D eigenvalue weighted by atomic mass is 35.5. The molecule has 1 aliphatic rings. The second kappa shape index (κ2) is 8.32. The molecule has 1 atom stereocenters. The average molecular weight is 503 g/mol. The van der Waals surface area contributed by atoms with Crippen LogP contribution in [0.4, 0.5) is 13.2 Å². The maximum Gasteiger partial charge on any atom is 0.573 e. The first-order chi connectivity index (χ1) is 16.6. The number of hydrogen-bond acceptors (Lipinski definition) is 6. The number of ether oxygens (including phenoxy) is 1. The Kier molecular flexibility index (Phi) is 5.40. The van der Waals surface area contributed by atoms with E-state index in [9.17, 15) is 23.1 Å². The van der Waals surface area contributed by atoms with E-state index in [4.69, 9.17) is 21.4 Å². The van der Waals surface area contributed by atoms with Crippen molar-refractivity contribution in [2.24, 2.45) is 0 Å². The molecule has 0 saturated heterocycles. The van der Waals surface area contributed by atoms with Crippen LogP contribution in [0, 0.1) is 11.3 Å². The SMILES string of the molecule is N#Cc1cc(OC(F)(F)F)cc(-c2nc(-c3ccc4c(c3)c(Cl)c3n4CC[C@@H]3CC(=O)O)no2)c1.